The van der Waals surface area contributed by atoms with Crippen molar-refractivity contribution in [1.29, 1.82) is 0 Å². The van der Waals surface area contributed by atoms with Crippen molar-refractivity contribution in [2.24, 2.45) is 11.8 Å². The number of amides is 1. The van der Waals surface area contributed by atoms with E-state index in [-0.39, 0.29) is 23.5 Å². The van der Waals surface area contributed by atoms with Gasteiger partial charge in [0, 0.05) is 79.3 Å². The average molecular weight is 1030 g/mol. The Balaban J connectivity index is 0.000000148. The molecule has 6 aromatic rings. The van der Waals surface area contributed by atoms with Gasteiger partial charge in [-0.1, -0.05) is 12.2 Å². The maximum absolute atomic E-state index is 14.6. The number of hydrogen-bond acceptors (Lipinski definition) is 13. The molecule has 396 valence electrons. The van der Waals surface area contributed by atoms with Gasteiger partial charge in [-0.15, -0.1) is 20.4 Å². The number of piperidine rings is 2. The van der Waals surface area contributed by atoms with Gasteiger partial charge in [0.2, 0.25) is 5.91 Å². The molecule has 17 nitrogen and oxygen atoms in total. The number of likely N-dealkylation sites (tertiary alicyclic amines) is 2. The minimum Gasteiger partial charge on any atom is -0.493 e. The number of rotatable bonds is 10. The van der Waals surface area contributed by atoms with E-state index >= 15 is 0 Å². The smallest absolute Gasteiger partial charge is 0.306 e. The van der Waals surface area contributed by atoms with Gasteiger partial charge in [-0.25, -0.2) is 18.7 Å². The molecule has 75 heavy (non-hydrogen) atoms. The number of carbonyl (C=O) groups excluding carboxylic acids is 1. The number of carboxylic acids is 1. The fourth-order valence-corrected chi connectivity index (χ4v) is 11.3. The first-order valence-corrected chi connectivity index (χ1v) is 26.8. The second-order valence-corrected chi connectivity index (χ2v) is 20.5. The number of benzene rings is 2. The Morgan fingerprint density at radius 3 is 1.71 bits per heavy atom. The van der Waals surface area contributed by atoms with Crippen LogP contribution in [0.5, 0.6) is 11.5 Å². The first kappa shape index (κ1) is 51.8. The molecule has 12 rings (SSSR count). The van der Waals surface area contributed by atoms with Crippen LogP contribution < -0.4 is 14.8 Å². The predicted molar refractivity (Wildman–Crippen MR) is 280 cm³/mol. The summed E-state index contributed by atoms with van der Waals surface area (Å²) in [4.78, 5) is 39.6. The number of nitrogens with zero attached hydrogens (tertiary/aromatic N) is 11. The summed E-state index contributed by atoms with van der Waals surface area (Å²) in [6, 6.07) is 6.43. The maximum atomic E-state index is 14.6. The normalized spacial score (nSPS) is 18.6. The third kappa shape index (κ3) is 11.9. The molecule has 2 aromatic carbocycles. The monoisotopic (exact) mass is 1030 g/mol. The molecule has 2 fully saturated rings. The minimum atomic E-state index is -0.631. The quantitative estimate of drug-likeness (QED) is 0.152. The van der Waals surface area contributed by atoms with Crippen molar-refractivity contribution < 1.29 is 33.0 Å². The number of aromatic nitrogens is 8. The maximum Gasteiger partial charge on any atom is 0.306 e. The van der Waals surface area contributed by atoms with Crippen LogP contribution in [0.1, 0.15) is 96.4 Å². The second-order valence-electron chi connectivity index (χ2n) is 20.5. The molecule has 0 atom stereocenters. The van der Waals surface area contributed by atoms with Crippen molar-refractivity contribution in [2.45, 2.75) is 89.9 Å². The zero-order chi connectivity index (χ0) is 51.8. The van der Waals surface area contributed by atoms with Gasteiger partial charge in [-0.2, -0.15) is 0 Å². The SMILES string of the molecule is CN1CCC(C(=O)N2CCC=C(c3cnc(CCc4c(F)ccc5c4CCO5)n4cnnc34)CC2)CC1.CN1CCC(C(=O)O)CC1.Fc1ccc2c(c1CCc1ncc(C3=CCCNCC3)c3nncn13)CCO2. The van der Waals surface area contributed by atoms with Gasteiger partial charge in [-0.05, 0) is 164 Å². The number of fused-ring (bicyclic) bond motifs is 4. The fourth-order valence-electron chi connectivity index (χ4n) is 11.3. The lowest BCUT2D eigenvalue weighted by Crippen LogP contribution is -2.42. The molecule has 0 bridgehead atoms. The summed E-state index contributed by atoms with van der Waals surface area (Å²) >= 11 is 0. The highest BCUT2D eigenvalue weighted by atomic mass is 19.1. The molecule has 0 unspecified atom stereocenters. The molecule has 0 aliphatic carbocycles. The molecular weight excluding hydrogens is 959 g/mol. The van der Waals surface area contributed by atoms with Crippen molar-refractivity contribution >= 4 is 34.3 Å². The molecule has 6 aliphatic rings. The minimum absolute atomic E-state index is 0.0869. The van der Waals surface area contributed by atoms with Crippen LogP contribution in [0, 0.1) is 23.5 Å². The third-order valence-corrected chi connectivity index (χ3v) is 15.8. The van der Waals surface area contributed by atoms with E-state index < -0.39 is 5.97 Å². The number of nitrogens with one attached hydrogen (secondary N) is 1. The molecule has 10 heterocycles. The number of ether oxygens (including phenoxy) is 2. The van der Waals surface area contributed by atoms with Gasteiger partial charge in [0.05, 0.1) is 19.1 Å². The molecule has 0 radical (unpaired) electrons. The van der Waals surface area contributed by atoms with Crippen LogP contribution in [0.4, 0.5) is 8.78 Å². The van der Waals surface area contributed by atoms with Gasteiger partial charge in [0.25, 0.3) is 0 Å². The molecule has 6 aliphatic heterocycles. The Morgan fingerprint density at radius 2 is 1.16 bits per heavy atom. The highest BCUT2D eigenvalue weighted by Crippen LogP contribution is 2.34. The second kappa shape index (κ2) is 23.9. The van der Waals surface area contributed by atoms with Crippen LogP contribution >= 0.6 is 0 Å². The summed E-state index contributed by atoms with van der Waals surface area (Å²) in [6.45, 7) is 8.47. The molecule has 2 saturated heterocycles. The Kier molecular flexibility index (Phi) is 16.5. The highest BCUT2D eigenvalue weighted by molar-refractivity contribution is 5.81. The Morgan fingerprint density at radius 1 is 0.640 bits per heavy atom. The Hall–Kier alpha value is -6.70. The number of carbonyl (C=O) groups is 2. The number of carboxylic acid groups (broad SMARTS) is 1. The first-order chi connectivity index (χ1) is 36.6. The zero-order valence-electron chi connectivity index (χ0n) is 43.2. The Labute approximate surface area is 436 Å². The number of aryl methyl sites for hydroxylation is 2. The van der Waals surface area contributed by atoms with Gasteiger partial charge < -0.3 is 34.6 Å². The summed E-state index contributed by atoms with van der Waals surface area (Å²) in [6.07, 6.45) is 22.5. The van der Waals surface area contributed by atoms with E-state index in [0.717, 1.165) is 178 Å². The van der Waals surface area contributed by atoms with Crippen LogP contribution in [0.15, 0.2) is 61.5 Å². The number of aliphatic carboxylic acids is 1. The first-order valence-electron chi connectivity index (χ1n) is 26.8. The number of halogens is 2. The van der Waals surface area contributed by atoms with Crippen molar-refractivity contribution in [2.75, 3.05) is 79.7 Å². The van der Waals surface area contributed by atoms with E-state index in [1.165, 1.54) is 17.7 Å². The molecular formula is C56H68F2N12O5. The molecule has 4 aromatic heterocycles. The van der Waals surface area contributed by atoms with Gasteiger partial charge in [-0.3, -0.25) is 18.4 Å². The lowest BCUT2D eigenvalue weighted by atomic mass is 9.95. The summed E-state index contributed by atoms with van der Waals surface area (Å²) in [5.41, 5.74) is 9.38. The van der Waals surface area contributed by atoms with Crippen LogP contribution in [-0.2, 0) is 48.1 Å². The van der Waals surface area contributed by atoms with E-state index in [1.807, 2.05) is 33.1 Å². The lowest BCUT2D eigenvalue weighted by molar-refractivity contribution is -0.143. The highest BCUT2D eigenvalue weighted by Gasteiger charge is 2.29. The van der Waals surface area contributed by atoms with E-state index in [9.17, 15) is 18.4 Å². The molecule has 19 heteroatoms. The Bertz CT molecular complexity index is 3070. The van der Waals surface area contributed by atoms with Gasteiger partial charge in [0.15, 0.2) is 11.3 Å². The van der Waals surface area contributed by atoms with Crippen LogP contribution in [0.2, 0.25) is 0 Å². The van der Waals surface area contributed by atoms with Crippen LogP contribution in [-0.4, -0.2) is 151 Å². The molecule has 1 amide bonds. The predicted octanol–water partition coefficient (Wildman–Crippen LogP) is 6.49. The van der Waals surface area contributed by atoms with E-state index in [0.29, 0.717) is 56.9 Å². The van der Waals surface area contributed by atoms with Gasteiger partial charge >= 0.3 is 5.97 Å². The van der Waals surface area contributed by atoms with Crippen molar-refractivity contribution in [3.8, 4) is 11.5 Å². The summed E-state index contributed by atoms with van der Waals surface area (Å²) in [5.74, 6) is 2.60. The van der Waals surface area contributed by atoms with Crippen molar-refractivity contribution in [3.05, 3.63) is 118 Å². The standard InChI is InChI=1S/C28H33FN6O2.C21H22FN5O.C7H13NO2/c1-33-13-8-20(9-14-33)28(36)34-12-2-3-19(10-15-34)23-17-30-26(35-18-31-32-27(23)35)7-4-21-22-11-16-37-25(22)6-5-24(21)29;22-18-4-5-19-16(8-11-28-19)15(18)3-6-20-24-12-17(21-26-25-13-27(20)21)14-2-1-9-23-10-7-14;1-8-4-2-6(3-5-8)7(9)10/h3,5-6,17-18,20H,2,4,7-16H2,1H3;2,4-5,12-13,23H,1,3,6-11H2;6H,2-5H2,1H3,(H,9,10). The van der Waals surface area contributed by atoms with E-state index in [1.54, 1.807) is 24.8 Å². The molecule has 0 saturated carbocycles. The van der Waals surface area contributed by atoms with E-state index in [4.69, 9.17) is 24.5 Å². The lowest BCUT2D eigenvalue weighted by Gasteiger charge is -2.32. The third-order valence-electron chi connectivity index (χ3n) is 15.8. The summed E-state index contributed by atoms with van der Waals surface area (Å²) < 4.78 is 44.1. The van der Waals surface area contributed by atoms with Crippen molar-refractivity contribution in [3.63, 3.8) is 0 Å². The average Bonchev–Trinajstić information content (AvgIpc) is 4.25. The van der Waals surface area contributed by atoms with Gasteiger partial charge in [0.1, 0.15) is 47.4 Å². The topological polar surface area (TPSA) is 181 Å². The zero-order valence-corrected chi connectivity index (χ0v) is 43.2. The fraction of sp³-hybridized carbons (Fsp3) is 0.500. The number of hydrogen-bond donors (Lipinski definition) is 2. The van der Waals surface area contributed by atoms with Crippen LogP contribution in [0.25, 0.3) is 22.4 Å². The van der Waals surface area contributed by atoms with Crippen LogP contribution in [0.3, 0.4) is 0 Å². The largest absolute Gasteiger partial charge is 0.493 e. The van der Waals surface area contributed by atoms with Crippen molar-refractivity contribution in [1.82, 2.24) is 59.2 Å². The molecule has 0 spiro atoms. The molecule has 2 N–H and O–H groups in total. The summed E-state index contributed by atoms with van der Waals surface area (Å²) in [7, 11) is 4.15. The van der Waals surface area contributed by atoms with E-state index in [2.05, 4.69) is 54.7 Å². The summed E-state index contributed by atoms with van der Waals surface area (Å²) in [5, 5.41) is 29.0.